The topological polar surface area (TPSA) is 61.8 Å². The fourth-order valence-corrected chi connectivity index (χ4v) is 1.52. The first-order valence-corrected chi connectivity index (χ1v) is 6.41. The molecule has 17 heavy (non-hydrogen) atoms. The van der Waals surface area contributed by atoms with Gasteiger partial charge in [-0.25, -0.2) is 0 Å². The second kappa shape index (κ2) is 10.5. The number of rotatable bonds is 11. The predicted octanol–water partition coefficient (Wildman–Crippen LogP) is 0.798. The van der Waals surface area contributed by atoms with E-state index >= 15 is 0 Å². The van der Waals surface area contributed by atoms with Crippen LogP contribution in [0, 0.1) is 0 Å². The van der Waals surface area contributed by atoms with Crippen LogP contribution >= 0.6 is 0 Å². The van der Waals surface area contributed by atoms with Crippen molar-refractivity contribution in [3.05, 3.63) is 0 Å². The Morgan fingerprint density at radius 2 is 2.12 bits per heavy atom. The summed E-state index contributed by atoms with van der Waals surface area (Å²) >= 11 is 0. The summed E-state index contributed by atoms with van der Waals surface area (Å²) < 4.78 is 5.28. The molecule has 0 aliphatic heterocycles. The number of nitrogens with zero attached hydrogens (tertiary/aromatic N) is 1. The Kier molecular flexibility index (Phi) is 10.1. The van der Waals surface area contributed by atoms with E-state index in [-0.39, 0.29) is 0 Å². The molecular weight excluding hydrogens is 220 g/mol. The first-order chi connectivity index (χ1) is 8.15. The molecule has 0 heterocycles. The Hall–Kier alpha value is -0.650. The Labute approximate surface area is 104 Å². The van der Waals surface area contributed by atoms with Gasteiger partial charge in [0.1, 0.15) is 6.04 Å². The van der Waals surface area contributed by atoms with E-state index in [1.165, 1.54) is 0 Å². The second-order valence-corrected chi connectivity index (χ2v) is 3.94. The zero-order chi connectivity index (χ0) is 13.1. The summed E-state index contributed by atoms with van der Waals surface area (Å²) in [7, 11) is 0. The van der Waals surface area contributed by atoms with Gasteiger partial charge in [0.25, 0.3) is 0 Å². The van der Waals surface area contributed by atoms with Crippen molar-refractivity contribution in [2.24, 2.45) is 0 Å². The SMILES string of the molecule is CCCNC(CN(CC)CCOCC)C(=O)O. The van der Waals surface area contributed by atoms with E-state index in [0.717, 1.165) is 26.1 Å². The fraction of sp³-hybridized carbons (Fsp3) is 0.917. The first-order valence-electron chi connectivity index (χ1n) is 6.41. The van der Waals surface area contributed by atoms with Crippen LogP contribution < -0.4 is 5.32 Å². The maximum absolute atomic E-state index is 11.1. The molecule has 0 spiro atoms. The Morgan fingerprint density at radius 1 is 1.41 bits per heavy atom. The van der Waals surface area contributed by atoms with Gasteiger partial charge in [-0.3, -0.25) is 9.69 Å². The molecule has 0 saturated heterocycles. The number of aliphatic carboxylic acids is 1. The number of likely N-dealkylation sites (N-methyl/N-ethyl adjacent to an activating group) is 1. The van der Waals surface area contributed by atoms with Crippen LogP contribution in [-0.4, -0.2) is 61.4 Å². The van der Waals surface area contributed by atoms with Gasteiger partial charge in [0.15, 0.2) is 0 Å². The van der Waals surface area contributed by atoms with Crippen LogP contribution in [0.4, 0.5) is 0 Å². The van der Waals surface area contributed by atoms with Gasteiger partial charge in [0.05, 0.1) is 6.61 Å². The normalized spacial score (nSPS) is 12.9. The van der Waals surface area contributed by atoms with E-state index in [1.54, 1.807) is 0 Å². The van der Waals surface area contributed by atoms with Gasteiger partial charge < -0.3 is 15.2 Å². The quantitative estimate of drug-likeness (QED) is 0.528. The minimum Gasteiger partial charge on any atom is -0.480 e. The van der Waals surface area contributed by atoms with Crippen LogP contribution in [0.2, 0.25) is 0 Å². The minimum absolute atomic E-state index is 0.489. The van der Waals surface area contributed by atoms with Crippen molar-refractivity contribution < 1.29 is 14.6 Å². The summed E-state index contributed by atoms with van der Waals surface area (Å²) in [6.45, 7) is 10.3. The lowest BCUT2D eigenvalue weighted by Gasteiger charge is -2.24. The molecule has 5 nitrogen and oxygen atoms in total. The number of hydrogen-bond acceptors (Lipinski definition) is 4. The molecule has 0 radical (unpaired) electrons. The zero-order valence-corrected chi connectivity index (χ0v) is 11.2. The van der Waals surface area contributed by atoms with Crippen LogP contribution in [0.3, 0.4) is 0 Å². The summed E-state index contributed by atoms with van der Waals surface area (Å²) in [4.78, 5) is 13.2. The molecule has 102 valence electrons. The number of ether oxygens (including phenoxy) is 1. The average Bonchev–Trinajstić information content (AvgIpc) is 2.32. The highest BCUT2D eigenvalue weighted by Gasteiger charge is 2.19. The van der Waals surface area contributed by atoms with Gasteiger partial charge in [-0.1, -0.05) is 13.8 Å². The maximum Gasteiger partial charge on any atom is 0.322 e. The summed E-state index contributed by atoms with van der Waals surface area (Å²) in [5, 5.41) is 12.1. The van der Waals surface area contributed by atoms with E-state index in [9.17, 15) is 4.79 Å². The van der Waals surface area contributed by atoms with Crippen molar-refractivity contribution in [3.63, 3.8) is 0 Å². The molecule has 5 heteroatoms. The van der Waals surface area contributed by atoms with Crippen molar-refractivity contribution in [2.75, 3.05) is 39.4 Å². The molecule has 0 aromatic heterocycles. The third-order valence-corrected chi connectivity index (χ3v) is 2.58. The number of carboxylic acids is 1. The molecule has 1 unspecified atom stereocenters. The molecule has 0 aliphatic rings. The van der Waals surface area contributed by atoms with Crippen molar-refractivity contribution in [3.8, 4) is 0 Å². The van der Waals surface area contributed by atoms with Crippen LogP contribution in [0.1, 0.15) is 27.2 Å². The molecular formula is C12H26N2O3. The molecule has 0 bridgehead atoms. The molecule has 0 amide bonds. The smallest absolute Gasteiger partial charge is 0.322 e. The second-order valence-electron chi connectivity index (χ2n) is 3.94. The van der Waals surface area contributed by atoms with Crippen molar-refractivity contribution >= 4 is 5.97 Å². The number of hydrogen-bond donors (Lipinski definition) is 2. The summed E-state index contributed by atoms with van der Waals surface area (Å²) in [6, 6.07) is -0.489. The average molecular weight is 246 g/mol. The molecule has 2 N–H and O–H groups in total. The van der Waals surface area contributed by atoms with Gasteiger partial charge in [0, 0.05) is 19.7 Å². The maximum atomic E-state index is 11.1. The van der Waals surface area contributed by atoms with E-state index in [2.05, 4.69) is 10.2 Å². The molecule has 0 aliphatic carbocycles. The third kappa shape index (κ3) is 8.12. The van der Waals surface area contributed by atoms with Crippen LogP contribution in [-0.2, 0) is 9.53 Å². The highest BCUT2D eigenvalue weighted by molar-refractivity contribution is 5.73. The summed E-state index contributed by atoms with van der Waals surface area (Å²) in [5.41, 5.74) is 0. The first kappa shape index (κ1) is 16.4. The number of carboxylic acid groups (broad SMARTS) is 1. The molecule has 0 aromatic carbocycles. The van der Waals surface area contributed by atoms with E-state index in [4.69, 9.17) is 9.84 Å². The minimum atomic E-state index is -0.784. The van der Waals surface area contributed by atoms with Gasteiger partial charge in [0.2, 0.25) is 0 Å². The standard InChI is InChI=1S/C12H26N2O3/c1-4-7-13-11(12(15)16)10-14(5-2)8-9-17-6-3/h11,13H,4-10H2,1-3H3,(H,15,16). The van der Waals surface area contributed by atoms with E-state index in [0.29, 0.717) is 19.8 Å². The third-order valence-electron chi connectivity index (χ3n) is 2.58. The number of carbonyl (C=O) groups is 1. The van der Waals surface area contributed by atoms with Crippen LogP contribution in [0.5, 0.6) is 0 Å². The van der Waals surface area contributed by atoms with Gasteiger partial charge in [-0.05, 0) is 26.4 Å². The molecule has 0 fully saturated rings. The van der Waals surface area contributed by atoms with Crippen molar-refractivity contribution in [1.29, 1.82) is 0 Å². The molecule has 0 rings (SSSR count). The van der Waals surface area contributed by atoms with E-state index in [1.807, 2.05) is 20.8 Å². The van der Waals surface area contributed by atoms with Gasteiger partial charge >= 0.3 is 5.97 Å². The molecule has 0 saturated carbocycles. The lowest BCUT2D eigenvalue weighted by Crippen LogP contribution is -2.47. The Bertz CT molecular complexity index is 200. The van der Waals surface area contributed by atoms with Crippen molar-refractivity contribution in [2.45, 2.75) is 33.2 Å². The predicted molar refractivity (Wildman–Crippen MR) is 68.3 cm³/mol. The Balaban J connectivity index is 4.04. The zero-order valence-electron chi connectivity index (χ0n) is 11.2. The monoisotopic (exact) mass is 246 g/mol. The highest BCUT2D eigenvalue weighted by atomic mass is 16.5. The highest BCUT2D eigenvalue weighted by Crippen LogP contribution is 1.94. The lowest BCUT2D eigenvalue weighted by atomic mass is 10.2. The largest absolute Gasteiger partial charge is 0.480 e. The summed E-state index contributed by atoms with van der Waals surface area (Å²) in [6.07, 6.45) is 0.939. The summed E-state index contributed by atoms with van der Waals surface area (Å²) in [5.74, 6) is -0.784. The Morgan fingerprint density at radius 3 is 2.59 bits per heavy atom. The van der Waals surface area contributed by atoms with Crippen molar-refractivity contribution in [1.82, 2.24) is 10.2 Å². The molecule has 0 aromatic rings. The fourth-order valence-electron chi connectivity index (χ4n) is 1.52. The lowest BCUT2D eigenvalue weighted by molar-refractivity contribution is -0.140. The van der Waals surface area contributed by atoms with Crippen LogP contribution in [0.25, 0.3) is 0 Å². The molecule has 1 atom stereocenters. The van der Waals surface area contributed by atoms with E-state index < -0.39 is 12.0 Å². The van der Waals surface area contributed by atoms with Crippen LogP contribution in [0.15, 0.2) is 0 Å². The van der Waals surface area contributed by atoms with Gasteiger partial charge in [-0.15, -0.1) is 0 Å². The van der Waals surface area contributed by atoms with Gasteiger partial charge in [-0.2, -0.15) is 0 Å². The number of nitrogens with one attached hydrogen (secondary N) is 1.